The minimum atomic E-state index is -4.45. The van der Waals surface area contributed by atoms with Crippen LogP contribution >= 0.6 is 0 Å². The van der Waals surface area contributed by atoms with Crippen LogP contribution in [0.25, 0.3) is 28.0 Å². The molecule has 0 radical (unpaired) electrons. The van der Waals surface area contributed by atoms with Crippen molar-refractivity contribution in [3.8, 4) is 22.4 Å². The lowest BCUT2D eigenvalue weighted by Crippen LogP contribution is -2.14. The van der Waals surface area contributed by atoms with Crippen LogP contribution in [0.2, 0.25) is 0 Å². The van der Waals surface area contributed by atoms with Crippen molar-refractivity contribution in [3.05, 3.63) is 77.6 Å². The molecular formula is C23H18F3N3O2. The molecule has 0 saturated heterocycles. The lowest BCUT2D eigenvalue weighted by molar-refractivity contribution is -0.137. The van der Waals surface area contributed by atoms with Crippen LogP contribution < -0.4 is 0 Å². The van der Waals surface area contributed by atoms with Gasteiger partial charge in [-0.25, -0.2) is 14.3 Å². The number of halogens is 3. The highest BCUT2D eigenvalue weighted by Gasteiger charge is 2.30. The lowest BCUT2D eigenvalue weighted by atomic mass is 10.0. The topological polar surface area (TPSA) is 56.5 Å². The molecule has 2 aromatic heterocycles. The highest BCUT2D eigenvalue weighted by Crippen LogP contribution is 2.32. The summed E-state index contributed by atoms with van der Waals surface area (Å²) in [5.41, 5.74) is 3.05. The first-order valence-electron chi connectivity index (χ1n) is 9.58. The molecule has 0 bridgehead atoms. The van der Waals surface area contributed by atoms with Crippen molar-refractivity contribution in [1.29, 1.82) is 0 Å². The second-order valence-electron chi connectivity index (χ2n) is 6.98. The van der Waals surface area contributed by atoms with E-state index in [0.717, 1.165) is 23.3 Å². The summed E-state index contributed by atoms with van der Waals surface area (Å²) in [4.78, 5) is 17.1. The first kappa shape index (κ1) is 20.6. The van der Waals surface area contributed by atoms with Gasteiger partial charge in [0.15, 0.2) is 11.3 Å². The predicted molar refractivity (Wildman–Crippen MR) is 110 cm³/mol. The van der Waals surface area contributed by atoms with Gasteiger partial charge in [0, 0.05) is 23.4 Å². The standard InChI is InChI=1S/C23H18F3N3O2/c1-3-31-22(30)21-18(15-8-10-17(11-9-15)23(24,25)26)13-27-20-12-19(28-29(20)21)16-6-4-14(2)5-7-16/h4-13H,3H2,1-2H3. The Bertz CT molecular complexity index is 1240. The zero-order chi connectivity index (χ0) is 22.2. The van der Waals surface area contributed by atoms with E-state index in [4.69, 9.17) is 4.74 Å². The van der Waals surface area contributed by atoms with Crippen molar-refractivity contribution in [1.82, 2.24) is 14.6 Å². The van der Waals surface area contributed by atoms with Crippen molar-refractivity contribution in [2.75, 3.05) is 6.61 Å². The largest absolute Gasteiger partial charge is 0.461 e. The van der Waals surface area contributed by atoms with Gasteiger partial charge in [0.25, 0.3) is 0 Å². The first-order valence-corrected chi connectivity index (χ1v) is 9.58. The summed E-state index contributed by atoms with van der Waals surface area (Å²) in [6.45, 7) is 3.79. The van der Waals surface area contributed by atoms with Gasteiger partial charge in [0.05, 0.1) is 17.9 Å². The maximum atomic E-state index is 12.9. The SMILES string of the molecule is CCOC(=O)c1c(-c2ccc(C(F)(F)F)cc2)cnc2cc(-c3ccc(C)cc3)nn12. The summed E-state index contributed by atoms with van der Waals surface area (Å²) in [6, 6.07) is 14.0. The van der Waals surface area contributed by atoms with Crippen molar-refractivity contribution < 1.29 is 22.7 Å². The molecule has 8 heteroatoms. The molecule has 4 rings (SSSR count). The van der Waals surface area contributed by atoms with Gasteiger partial charge in [0.2, 0.25) is 0 Å². The molecule has 158 valence electrons. The zero-order valence-corrected chi connectivity index (χ0v) is 16.8. The third-order valence-corrected chi connectivity index (χ3v) is 4.82. The van der Waals surface area contributed by atoms with Gasteiger partial charge in [0.1, 0.15) is 0 Å². The summed E-state index contributed by atoms with van der Waals surface area (Å²) in [5, 5.41) is 4.53. The number of aromatic nitrogens is 3. The van der Waals surface area contributed by atoms with Crippen molar-refractivity contribution in [2.45, 2.75) is 20.0 Å². The number of benzene rings is 2. The molecular weight excluding hydrogens is 407 g/mol. The number of aryl methyl sites for hydroxylation is 1. The maximum absolute atomic E-state index is 12.9. The Balaban J connectivity index is 1.88. The third kappa shape index (κ3) is 4.01. The zero-order valence-electron chi connectivity index (χ0n) is 16.8. The summed E-state index contributed by atoms with van der Waals surface area (Å²) in [6.07, 6.45) is -3.00. The van der Waals surface area contributed by atoms with Gasteiger partial charge in [-0.3, -0.25) is 0 Å². The Morgan fingerprint density at radius 3 is 2.29 bits per heavy atom. The van der Waals surface area contributed by atoms with Gasteiger partial charge in [-0.15, -0.1) is 0 Å². The minimum absolute atomic E-state index is 0.102. The van der Waals surface area contributed by atoms with Gasteiger partial charge in [-0.2, -0.15) is 18.3 Å². The van der Waals surface area contributed by atoms with Gasteiger partial charge >= 0.3 is 12.1 Å². The Hall–Kier alpha value is -3.68. The molecule has 0 fully saturated rings. The van der Waals surface area contributed by atoms with E-state index in [1.54, 1.807) is 13.0 Å². The monoisotopic (exact) mass is 425 g/mol. The van der Waals surface area contributed by atoms with Gasteiger partial charge in [-0.05, 0) is 31.5 Å². The van der Waals surface area contributed by atoms with E-state index in [1.165, 1.54) is 22.8 Å². The molecule has 31 heavy (non-hydrogen) atoms. The molecule has 2 heterocycles. The number of hydrogen-bond donors (Lipinski definition) is 0. The van der Waals surface area contributed by atoms with Crippen LogP contribution in [-0.4, -0.2) is 27.2 Å². The van der Waals surface area contributed by atoms with E-state index in [-0.39, 0.29) is 12.3 Å². The average molecular weight is 425 g/mol. The molecule has 0 aliphatic rings. The molecule has 5 nitrogen and oxygen atoms in total. The molecule has 4 aromatic rings. The van der Waals surface area contributed by atoms with E-state index < -0.39 is 17.7 Å². The fourth-order valence-corrected chi connectivity index (χ4v) is 3.24. The number of carbonyl (C=O) groups excluding carboxylic acids is 1. The molecule has 0 spiro atoms. The molecule has 0 amide bonds. The molecule has 0 aliphatic heterocycles. The van der Waals surface area contributed by atoms with Crippen LogP contribution in [0.5, 0.6) is 0 Å². The predicted octanol–water partition coefficient (Wildman–Crippen LogP) is 5.57. The van der Waals surface area contributed by atoms with E-state index in [1.807, 2.05) is 31.2 Å². The van der Waals surface area contributed by atoms with Crippen molar-refractivity contribution in [2.24, 2.45) is 0 Å². The summed E-state index contributed by atoms with van der Waals surface area (Å²) < 4.78 is 45.4. The van der Waals surface area contributed by atoms with Crippen LogP contribution in [0.3, 0.4) is 0 Å². The number of alkyl halides is 3. The number of nitrogens with zero attached hydrogens (tertiary/aromatic N) is 3. The Labute approximate surface area is 176 Å². The van der Waals surface area contributed by atoms with Crippen LogP contribution in [0, 0.1) is 6.92 Å². The molecule has 0 saturated carbocycles. The van der Waals surface area contributed by atoms with E-state index >= 15 is 0 Å². The van der Waals surface area contributed by atoms with Crippen LogP contribution in [0.4, 0.5) is 13.2 Å². The quantitative estimate of drug-likeness (QED) is 0.401. The fraction of sp³-hybridized carbons (Fsp3) is 0.174. The number of esters is 1. The van der Waals surface area contributed by atoms with Crippen LogP contribution in [0.1, 0.15) is 28.5 Å². The summed E-state index contributed by atoms with van der Waals surface area (Å²) in [5.74, 6) is -0.636. The minimum Gasteiger partial charge on any atom is -0.461 e. The van der Waals surface area contributed by atoms with Crippen LogP contribution in [0.15, 0.2) is 60.8 Å². The fourth-order valence-electron chi connectivity index (χ4n) is 3.24. The number of carbonyl (C=O) groups is 1. The van der Waals surface area contributed by atoms with Gasteiger partial charge < -0.3 is 4.74 Å². The number of ether oxygens (including phenoxy) is 1. The van der Waals surface area contributed by atoms with E-state index in [2.05, 4.69) is 10.1 Å². The number of hydrogen-bond acceptors (Lipinski definition) is 4. The highest BCUT2D eigenvalue weighted by molar-refractivity contribution is 5.96. The average Bonchev–Trinajstić information content (AvgIpc) is 3.17. The van der Waals surface area contributed by atoms with E-state index in [0.29, 0.717) is 22.5 Å². The first-order chi connectivity index (χ1) is 14.8. The van der Waals surface area contributed by atoms with Crippen LogP contribution in [-0.2, 0) is 10.9 Å². The number of rotatable bonds is 4. The molecule has 0 atom stereocenters. The number of fused-ring (bicyclic) bond motifs is 1. The van der Waals surface area contributed by atoms with Gasteiger partial charge in [-0.1, -0.05) is 42.0 Å². The maximum Gasteiger partial charge on any atom is 0.416 e. The Morgan fingerprint density at radius 2 is 1.68 bits per heavy atom. The Morgan fingerprint density at radius 1 is 1.03 bits per heavy atom. The molecule has 2 aromatic carbocycles. The summed E-state index contributed by atoms with van der Waals surface area (Å²) >= 11 is 0. The lowest BCUT2D eigenvalue weighted by Gasteiger charge is -2.12. The van der Waals surface area contributed by atoms with Crippen molar-refractivity contribution >= 4 is 11.6 Å². The highest BCUT2D eigenvalue weighted by atomic mass is 19.4. The second-order valence-corrected chi connectivity index (χ2v) is 6.98. The summed E-state index contributed by atoms with van der Waals surface area (Å²) in [7, 11) is 0. The van der Waals surface area contributed by atoms with Crippen molar-refractivity contribution in [3.63, 3.8) is 0 Å². The Kier molecular flexibility index (Phi) is 5.22. The molecule has 0 aliphatic carbocycles. The smallest absolute Gasteiger partial charge is 0.416 e. The van der Waals surface area contributed by atoms with E-state index in [9.17, 15) is 18.0 Å². The molecule has 0 N–H and O–H groups in total. The second kappa shape index (κ2) is 7.86. The third-order valence-electron chi connectivity index (χ3n) is 4.82. The normalized spacial score (nSPS) is 11.6. The molecule has 0 unspecified atom stereocenters.